The zero-order valence-electron chi connectivity index (χ0n) is 8.74. The van der Waals surface area contributed by atoms with Gasteiger partial charge in [-0.3, -0.25) is 0 Å². The third-order valence-electron chi connectivity index (χ3n) is 2.34. The van der Waals surface area contributed by atoms with Gasteiger partial charge in [-0.05, 0) is 32.6 Å². The second-order valence-electron chi connectivity index (χ2n) is 5.13. The van der Waals surface area contributed by atoms with Crippen LogP contribution >= 0.6 is 0 Å². The van der Waals surface area contributed by atoms with E-state index in [0.717, 1.165) is 19.7 Å². The van der Waals surface area contributed by atoms with Crippen LogP contribution < -0.4 is 5.32 Å². The molecule has 2 heteroatoms. The molecule has 0 amide bonds. The quantitative estimate of drug-likeness (QED) is 0.699. The Kier molecular flexibility index (Phi) is 2.79. The molecular formula is C10H21NO. The molecule has 2 nitrogen and oxygen atoms in total. The van der Waals surface area contributed by atoms with E-state index in [4.69, 9.17) is 4.74 Å². The summed E-state index contributed by atoms with van der Waals surface area (Å²) >= 11 is 0. The number of hydrogen-bond donors (Lipinski definition) is 1. The predicted molar refractivity (Wildman–Crippen MR) is 51.3 cm³/mol. The summed E-state index contributed by atoms with van der Waals surface area (Å²) in [4.78, 5) is 0. The van der Waals surface area contributed by atoms with Crippen molar-refractivity contribution in [1.29, 1.82) is 0 Å². The Labute approximate surface area is 75.7 Å². The third kappa shape index (κ3) is 3.11. The summed E-state index contributed by atoms with van der Waals surface area (Å²) in [6.45, 7) is 11.8. The first-order valence-electron chi connectivity index (χ1n) is 4.76. The smallest absolute Gasteiger partial charge is 0.0598 e. The highest BCUT2D eigenvalue weighted by atomic mass is 16.5. The van der Waals surface area contributed by atoms with E-state index >= 15 is 0 Å². The lowest BCUT2D eigenvalue weighted by atomic mass is 9.81. The van der Waals surface area contributed by atoms with E-state index < -0.39 is 0 Å². The van der Waals surface area contributed by atoms with Crippen LogP contribution in [0.3, 0.4) is 0 Å². The molecule has 0 aromatic carbocycles. The Bertz CT molecular complexity index is 144. The maximum absolute atomic E-state index is 5.67. The molecule has 12 heavy (non-hydrogen) atoms. The van der Waals surface area contributed by atoms with Crippen LogP contribution in [0.25, 0.3) is 0 Å². The van der Waals surface area contributed by atoms with Crippen LogP contribution in [0.2, 0.25) is 0 Å². The molecule has 1 aliphatic heterocycles. The van der Waals surface area contributed by atoms with Gasteiger partial charge < -0.3 is 10.1 Å². The molecule has 1 rings (SSSR count). The van der Waals surface area contributed by atoms with Gasteiger partial charge in [0.15, 0.2) is 0 Å². The van der Waals surface area contributed by atoms with Crippen molar-refractivity contribution in [3.8, 4) is 0 Å². The number of hydrogen-bond acceptors (Lipinski definition) is 2. The van der Waals surface area contributed by atoms with Gasteiger partial charge in [0.2, 0.25) is 0 Å². The first-order valence-corrected chi connectivity index (χ1v) is 4.76. The van der Waals surface area contributed by atoms with Gasteiger partial charge in [0.05, 0.1) is 5.60 Å². The van der Waals surface area contributed by atoms with Gasteiger partial charge in [0, 0.05) is 19.7 Å². The molecule has 1 fully saturated rings. The van der Waals surface area contributed by atoms with Crippen molar-refractivity contribution in [1.82, 2.24) is 5.32 Å². The maximum Gasteiger partial charge on any atom is 0.0598 e. The number of nitrogens with one attached hydrogen (secondary N) is 1. The summed E-state index contributed by atoms with van der Waals surface area (Å²) in [6, 6.07) is 0. The molecule has 0 unspecified atom stereocenters. The molecule has 0 aromatic rings. The van der Waals surface area contributed by atoms with Crippen LogP contribution in [-0.4, -0.2) is 25.3 Å². The van der Waals surface area contributed by atoms with E-state index in [-0.39, 0.29) is 5.60 Å². The van der Waals surface area contributed by atoms with Gasteiger partial charge >= 0.3 is 0 Å². The van der Waals surface area contributed by atoms with E-state index in [9.17, 15) is 0 Å². The van der Waals surface area contributed by atoms with Crippen LogP contribution in [0.15, 0.2) is 0 Å². The van der Waals surface area contributed by atoms with E-state index in [1.54, 1.807) is 0 Å². The van der Waals surface area contributed by atoms with Crippen LogP contribution in [0.1, 0.15) is 34.1 Å². The molecule has 0 saturated carbocycles. The van der Waals surface area contributed by atoms with Gasteiger partial charge in [-0.15, -0.1) is 0 Å². The lowest BCUT2D eigenvalue weighted by molar-refractivity contribution is -0.0231. The van der Waals surface area contributed by atoms with Gasteiger partial charge in [-0.1, -0.05) is 6.92 Å². The van der Waals surface area contributed by atoms with Gasteiger partial charge in [-0.2, -0.15) is 0 Å². The summed E-state index contributed by atoms with van der Waals surface area (Å²) < 4.78 is 5.67. The molecular weight excluding hydrogens is 150 g/mol. The van der Waals surface area contributed by atoms with E-state index in [1.165, 1.54) is 6.42 Å². The molecule has 72 valence electrons. The molecule has 0 radical (unpaired) electrons. The second-order valence-corrected chi connectivity index (χ2v) is 5.13. The van der Waals surface area contributed by atoms with Crippen molar-refractivity contribution in [3.63, 3.8) is 0 Å². The lowest BCUT2D eigenvalue weighted by Gasteiger charge is -2.40. The van der Waals surface area contributed by atoms with Crippen molar-refractivity contribution >= 4 is 0 Å². The monoisotopic (exact) mass is 171 g/mol. The zero-order valence-corrected chi connectivity index (χ0v) is 8.74. The molecule has 0 aromatic heterocycles. The number of ether oxygens (including phenoxy) is 1. The lowest BCUT2D eigenvalue weighted by Crippen LogP contribution is -2.52. The average Bonchev–Trinajstić information content (AvgIpc) is 1.81. The van der Waals surface area contributed by atoms with Crippen LogP contribution in [0, 0.1) is 5.41 Å². The summed E-state index contributed by atoms with van der Waals surface area (Å²) in [5, 5.41) is 3.29. The molecule has 1 aliphatic rings. The largest absolute Gasteiger partial charge is 0.376 e. The topological polar surface area (TPSA) is 21.3 Å². The van der Waals surface area contributed by atoms with E-state index in [0.29, 0.717) is 5.41 Å². The Morgan fingerprint density at radius 2 is 1.92 bits per heavy atom. The summed E-state index contributed by atoms with van der Waals surface area (Å²) in [6.07, 6.45) is 1.18. The normalized spacial score (nSPS) is 22.0. The fourth-order valence-corrected chi connectivity index (χ4v) is 1.33. The molecule has 1 heterocycles. The Morgan fingerprint density at radius 3 is 2.25 bits per heavy atom. The fourth-order valence-electron chi connectivity index (χ4n) is 1.33. The average molecular weight is 171 g/mol. The van der Waals surface area contributed by atoms with Crippen LogP contribution in [0.5, 0.6) is 0 Å². The Balaban J connectivity index is 2.10. The van der Waals surface area contributed by atoms with Gasteiger partial charge in [-0.25, -0.2) is 0 Å². The summed E-state index contributed by atoms with van der Waals surface area (Å²) in [7, 11) is 0. The van der Waals surface area contributed by atoms with Gasteiger partial charge in [0.25, 0.3) is 0 Å². The van der Waals surface area contributed by atoms with E-state index in [2.05, 4.69) is 33.0 Å². The van der Waals surface area contributed by atoms with Crippen molar-refractivity contribution in [3.05, 3.63) is 0 Å². The van der Waals surface area contributed by atoms with Crippen LogP contribution in [0.4, 0.5) is 0 Å². The Morgan fingerprint density at radius 1 is 1.33 bits per heavy atom. The van der Waals surface area contributed by atoms with Crippen molar-refractivity contribution in [2.45, 2.75) is 39.7 Å². The first kappa shape index (κ1) is 10.0. The second kappa shape index (κ2) is 3.35. The maximum atomic E-state index is 5.67. The molecule has 0 spiro atoms. The fraction of sp³-hybridized carbons (Fsp3) is 1.00. The summed E-state index contributed by atoms with van der Waals surface area (Å²) in [5.41, 5.74) is 0.527. The minimum Gasteiger partial charge on any atom is -0.376 e. The standard InChI is InChI=1S/C10H21NO/c1-9(2,3)12-6-5-10(4)7-11-8-10/h11H,5-8H2,1-4H3. The molecule has 1 saturated heterocycles. The molecule has 0 bridgehead atoms. The highest BCUT2D eigenvalue weighted by Crippen LogP contribution is 2.26. The van der Waals surface area contributed by atoms with Crippen molar-refractivity contribution < 1.29 is 4.74 Å². The molecule has 1 N–H and O–H groups in total. The van der Waals surface area contributed by atoms with Crippen molar-refractivity contribution in [2.75, 3.05) is 19.7 Å². The highest BCUT2D eigenvalue weighted by Gasteiger charge is 2.31. The highest BCUT2D eigenvalue weighted by molar-refractivity contribution is 4.87. The number of rotatable bonds is 3. The minimum absolute atomic E-state index is 0.0214. The van der Waals surface area contributed by atoms with Crippen molar-refractivity contribution in [2.24, 2.45) is 5.41 Å². The first-order chi connectivity index (χ1) is 5.41. The predicted octanol–water partition coefficient (Wildman–Crippen LogP) is 1.80. The zero-order chi connectivity index (χ0) is 9.24. The summed E-state index contributed by atoms with van der Waals surface area (Å²) in [5.74, 6) is 0. The molecule has 0 aliphatic carbocycles. The SMILES string of the molecule is CC1(CCOC(C)(C)C)CNC1. The minimum atomic E-state index is 0.0214. The Hall–Kier alpha value is -0.0800. The van der Waals surface area contributed by atoms with Gasteiger partial charge in [0.1, 0.15) is 0 Å². The van der Waals surface area contributed by atoms with E-state index in [1.807, 2.05) is 0 Å². The van der Waals surface area contributed by atoms with Crippen LogP contribution in [-0.2, 0) is 4.74 Å². The molecule has 0 atom stereocenters. The third-order valence-corrected chi connectivity index (χ3v) is 2.34.